The molecule has 2 aliphatic heterocycles. The number of hydroxylamine groups is 2. The molecule has 8 heteroatoms. The number of ether oxygens (including phenoxy) is 1. The number of nitrogens with zero attached hydrogens (tertiary/aromatic N) is 2. The summed E-state index contributed by atoms with van der Waals surface area (Å²) in [5.74, 6) is -2.83. The Morgan fingerprint density at radius 3 is 1.92 bits per heavy atom. The van der Waals surface area contributed by atoms with E-state index in [9.17, 15) is 19.2 Å². The average molecular weight is 511 g/mol. The maximum Gasteiger partial charge on any atom is 0.410 e. The Morgan fingerprint density at radius 1 is 0.816 bits per heavy atom. The lowest BCUT2D eigenvalue weighted by molar-refractivity contribution is -0.177. The van der Waals surface area contributed by atoms with Gasteiger partial charge in [0.2, 0.25) is 0 Å². The van der Waals surface area contributed by atoms with Gasteiger partial charge >= 0.3 is 12.1 Å². The van der Waals surface area contributed by atoms with Gasteiger partial charge < -0.3 is 14.5 Å². The number of imide groups is 1. The van der Waals surface area contributed by atoms with Gasteiger partial charge in [-0.1, -0.05) is 65.7 Å². The third-order valence-electron chi connectivity index (χ3n) is 7.80. The van der Waals surface area contributed by atoms with Crippen LogP contribution in [0.2, 0.25) is 0 Å². The summed E-state index contributed by atoms with van der Waals surface area (Å²) < 4.78 is 5.80. The molecule has 0 N–H and O–H groups in total. The molecule has 1 aliphatic carbocycles. The molecule has 3 aromatic rings. The first kappa shape index (κ1) is 23.9. The Hall–Kier alpha value is -4.46. The Labute approximate surface area is 219 Å². The number of hydrogen-bond acceptors (Lipinski definition) is 6. The van der Waals surface area contributed by atoms with Gasteiger partial charge in [0, 0.05) is 18.5 Å². The van der Waals surface area contributed by atoms with Crippen LogP contribution in [-0.2, 0) is 14.4 Å². The number of rotatable bonds is 4. The monoisotopic (exact) mass is 510 g/mol. The molecular formula is C30H26N2O6. The van der Waals surface area contributed by atoms with Gasteiger partial charge in [0.25, 0.3) is 11.8 Å². The lowest BCUT2D eigenvalue weighted by Gasteiger charge is -2.37. The van der Waals surface area contributed by atoms with Crippen LogP contribution in [0.15, 0.2) is 72.8 Å². The molecule has 3 aliphatic rings. The first-order chi connectivity index (χ1) is 18.5. The van der Waals surface area contributed by atoms with Crippen LogP contribution in [0.5, 0.6) is 0 Å². The van der Waals surface area contributed by atoms with Crippen molar-refractivity contribution in [3.8, 4) is 11.1 Å². The molecule has 0 saturated carbocycles. The highest BCUT2D eigenvalue weighted by Crippen LogP contribution is 2.44. The van der Waals surface area contributed by atoms with Gasteiger partial charge in [0.1, 0.15) is 6.61 Å². The summed E-state index contributed by atoms with van der Waals surface area (Å²) in [6.45, 7) is 2.38. The molecule has 3 aromatic carbocycles. The molecular weight excluding hydrogens is 484 g/mol. The topological polar surface area (TPSA) is 93.2 Å². The molecule has 192 valence electrons. The summed E-state index contributed by atoms with van der Waals surface area (Å²) in [5.41, 5.74) is 4.92. The van der Waals surface area contributed by atoms with Gasteiger partial charge in [0.15, 0.2) is 0 Å². The molecule has 0 unspecified atom stereocenters. The van der Waals surface area contributed by atoms with Crippen molar-refractivity contribution in [2.75, 3.05) is 13.2 Å². The van der Waals surface area contributed by atoms with Crippen molar-refractivity contribution in [2.45, 2.75) is 31.7 Å². The van der Waals surface area contributed by atoms with E-state index in [0.29, 0.717) is 24.4 Å². The second-order valence-corrected chi connectivity index (χ2v) is 9.85. The molecule has 0 aromatic heterocycles. The number of amides is 3. The summed E-state index contributed by atoms with van der Waals surface area (Å²) in [6.07, 6.45) is 0.532. The van der Waals surface area contributed by atoms with Crippen LogP contribution >= 0.6 is 0 Å². The quantitative estimate of drug-likeness (QED) is 0.469. The zero-order chi connectivity index (χ0) is 26.4. The van der Waals surface area contributed by atoms with Crippen LogP contribution < -0.4 is 0 Å². The lowest BCUT2D eigenvalue weighted by atomic mass is 9.90. The molecule has 0 spiro atoms. The molecule has 0 bridgehead atoms. The molecule has 6 rings (SSSR count). The Balaban J connectivity index is 1.12. The van der Waals surface area contributed by atoms with Gasteiger partial charge in [-0.25, -0.2) is 9.59 Å². The third kappa shape index (κ3) is 3.84. The highest BCUT2D eigenvalue weighted by Gasteiger charge is 2.43. The predicted octanol–water partition coefficient (Wildman–Crippen LogP) is 4.79. The zero-order valence-corrected chi connectivity index (χ0v) is 20.8. The van der Waals surface area contributed by atoms with Crippen LogP contribution in [-0.4, -0.2) is 53.0 Å². The van der Waals surface area contributed by atoms with E-state index >= 15 is 0 Å². The summed E-state index contributed by atoms with van der Waals surface area (Å²) in [6, 6.07) is 22.0. The van der Waals surface area contributed by atoms with E-state index in [-0.39, 0.29) is 23.7 Å². The van der Waals surface area contributed by atoms with Crippen molar-refractivity contribution < 1.29 is 28.8 Å². The van der Waals surface area contributed by atoms with Crippen LogP contribution in [0.25, 0.3) is 11.1 Å². The largest absolute Gasteiger partial charge is 0.448 e. The van der Waals surface area contributed by atoms with Crippen LogP contribution in [0.3, 0.4) is 0 Å². The smallest absolute Gasteiger partial charge is 0.410 e. The first-order valence-electron chi connectivity index (χ1n) is 12.8. The van der Waals surface area contributed by atoms with Crippen molar-refractivity contribution in [3.63, 3.8) is 0 Å². The highest BCUT2D eigenvalue weighted by atomic mass is 16.7. The van der Waals surface area contributed by atoms with Gasteiger partial charge in [-0.2, -0.15) is 0 Å². The van der Waals surface area contributed by atoms with E-state index in [1.54, 1.807) is 19.1 Å². The fourth-order valence-electron chi connectivity index (χ4n) is 5.80. The maximum absolute atomic E-state index is 13.2. The van der Waals surface area contributed by atoms with Crippen molar-refractivity contribution in [3.05, 3.63) is 95.1 Å². The minimum Gasteiger partial charge on any atom is -0.448 e. The standard InChI is InChI=1S/C30H26N2O6/c1-18-19(29(35)38-32-27(33)24-13-6-7-14-25(24)28(32)34)15-8-16-31(18)30(36)37-17-26-22-11-4-2-9-20(22)21-10-3-5-12-23(21)26/h2-7,9-14,18-19,26H,8,15-17H2,1H3/t18-,19-/m1/s1. The molecule has 38 heavy (non-hydrogen) atoms. The zero-order valence-electron chi connectivity index (χ0n) is 20.8. The first-order valence-corrected chi connectivity index (χ1v) is 12.8. The highest BCUT2D eigenvalue weighted by molar-refractivity contribution is 6.20. The summed E-state index contributed by atoms with van der Waals surface area (Å²) in [5, 5.41) is 0.520. The van der Waals surface area contributed by atoms with Crippen molar-refractivity contribution >= 4 is 23.9 Å². The minimum atomic E-state index is -0.719. The molecule has 1 fully saturated rings. The number of carbonyl (C=O) groups is 4. The summed E-state index contributed by atoms with van der Waals surface area (Å²) >= 11 is 0. The number of piperidine rings is 1. The van der Waals surface area contributed by atoms with Gasteiger partial charge in [-0.3, -0.25) is 9.59 Å². The second kappa shape index (κ2) is 9.45. The fourth-order valence-corrected chi connectivity index (χ4v) is 5.80. The fraction of sp³-hybridized carbons (Fsp3) is 0.267. The Bertz CT molecular complexity index is 1390. The van der Waals surface area contributed by atoms with E-state index in [1.807, 2.05) is 24.3 Å². The summed E-state index contributed by atoms with van der Waals surface area (Å²) in [7, 11) is 0. The molecule has 2 heterocycles. The van der Waals surface area contributed by atoms with Crippen LogP contribution in [0, 0.1) is 5.92 Å². The minimum absolute atomic E-state index is 0.0685. The van der Waals surface area contributed by atoms with E-state index in [0.717, 1.165) is 22.3 Å². The lowest BCUT2D eigenvalue weighted by Crippen LogP contribution is -2.51. The molecule has 1 saturated heterocycles. The Kier molecular flexibility index (Phi) is 5.94. The third-order valence-corrected chi connectivity index (χ3v) is 7.80. The van der Waals surface area contributed by atoms with E-state index in [1.165, 1.54) is 17.0 Å². The van der Waals surface area contributed by atoms with Crippen molar-refractivity contribution in [2.24, 2.45) is 5.92 Å². The number of benzene rings is 3. The van der Waals surface area contributed by atoms with Crippen molar-refractivity contribution in [1.82, 2.24) is 9.96 Å². The second-order valence-electron chi connectivity index (χ2n) is 9.85. The van der Waals surface area contributed by atoms with E-state index in [4.69, 9.17) is 9.57 Å². The number of likely N-dealkylation sites (tertiary alicyclic amines) is 1. The van der Waals surface area contributed by atoms with E-state index < -0.39 is 35.8 Å². The normalized spacial score (nSPS) is 20.1. The molecule has 3 amide bonds. The van der Waals surface area contributed by atoms with Gasteiger partial charge in [-0.05, 0) is 54.2 Å². The molecule has 2 atom stereocenters. The Morgan fingerprint density at radius 2 is 1.34 bits per heavy atom. The van der Waals surface area contributed by atoms with E-state index in [2.05, 4.69) is 24.3 Å². The molecule has 8 nitrogen and oxygen atoms in total. The molecule has 0 radical (unpaired) electrons. The van der Waals surface area contributed by atoms with Crippen LogP contribution in [0.4, 0.5) is 4.79 Å². The maximum atomic E-state index is 13.2. The number of hydrogen-bond donors (Lipinski definition) is 0. The van der Waals surface area contributed by atoms with Crippen molar-refractivity contribution in [1.29, 1.82) is 0 Å². The number of fused-ring (bicyclic) bond motifs is 4. The predicted molar refractivity (Wildman–Crippen MR) is 137 cm³/mol. The summed E-state index contributed by atoms with van der Waals surface area (Å²) in [4.78, 5) is 58.3. The van der Waals surface area contributed by atoms with Gasteiger partial charge in [0.05, 0.1) is 17.0 Å². The SMILES string of the molecule is C[C@@H]1[C@H](C(=O)ON2C(=O)c3ccccc3C2=O)CCCN1C(=O)OCC1c2ccccc2-c2ccccc21. The van der Waals surface area contributed by atoms with Crippen LogP contribution in [0.1, 0.15) is 57.5 Å². The average Bonchev–Trinajstić information content (AvgIpc) is 3.39. The number of carbonyl (C=O) groups excluding carboxylic acids is 4. The van der Waals surface area contributed by atoms with Gasteiger partial charge in [-0.15, -0.1) is 0 Å².